The van der Waals surface area contributed by atoms with Crippen LogP contribution >= 0.6 is 0 Å². The number of carbonyl (C=O) groups excluding carboxylic acids is 1. The number of hydrazine groups is 1. The van der Waals surface area contributed by atoms with Crippen molar-refractivity contribution in [3.63, 3.8) is 0 Å². The maximum Gasteiger partial charge on any atom is 0.234 e. The summed E-state index contributed by atoms with van der Waals surface area (Å²) in [6, 6.07) is 0. The molecule has 3 nitrogen and oxygen atoms in total. The van der Waals surface area contributed by atoms with Crippen molar-refractivity contribution in [2.24, 2.45) is 0 Å². The molecule has 10 heavy (non-hydrogen) atoms. The fourth-order valence-corrected chi connectivity index (χ4v) is 0.587. The Morgan fingerprint density at radius 1 is 1.40 bits per heavy atom. The van der Waals surface area contributed by atoms with Gasteiger partial charge in [0.1, 0.15) is 0 Å². The topological polar surface area (TPSA) is 41.1 Å². The van der Waals surface area contributed by atoms with E-state index < -0.39 is 0 Å². The summed E-state index contributed by atoms with van der Waals surface area (Å²) in [5.41, 5.74) is 5.34. The van der Waals surface area contributed by atoms with Crippen LogP contribution in [0.5, 0.6) is 0 Å². The van der Waals surface area contributed by atoms with Gasteiger partial charge in [0.15, 0.2) is 0 Å². The second-order valence-corrected chi connectivity index (χ2v) is 2.18. The van der Waals surface area contributed by atoms with Crippen LogP contribution in [0, 0.1) is 0 Å². The molecule has 0 unspecified atom stereocenters. The summed E-state index contributed by atoms with van der Waals surface area (Å²) in [4.78, 5) is 10.8. The van der Waals surface area contributed by atoms with Crippen LogP contribution < -0.4 is 10.9 Å². The molecule has 0 aliphatic heterocycles. The van der Waals surface area contributed by atoms with Gasteiger partial charge in [-0.15, -0.1) is 0 Å². The van der Waals surface area contributed by atoms with Gasteiger partial charge >= 0.3 is 0 Å². The molecule has 60 valence electrons. The fraction of sp³-hybridized carbons (Fsp3) is 0.857. The lowest BCUT2D eigenvalue weighted by Gasteiger charge is -2.02. The molecule has 0 saturated heterocycles. The zero-order valence-corrected chi connectivity index (χ0v) is 6.74. The van der Waals surface area contributed by atoms with E-state index in [1.807, 2.05) is 6.92 Å². The van der Waals surface area contributed by atoms with E-state index in [0.29, 0.717) is 6.42 Å². The minimum Gasteiger partial charge on any atom is -0.292 e. The van der Waals surface area contributed by atoms with Gasteiger partial charge in [-0.25, -0.2) is 5.43 Å². The number of amides is 1. The third-order valence-electron chi connectivity index (χ3n) is 1.16. The second kappa shape index (κ2) is 6.55. The maximum absolute atomic E-state index is 10.8. The highest BCUT2D eigenvalue weighted by atomic mass is 16.2. The van der Waals surface area contributed by atoms with Crippen molar-refractivity contribution in [3.05, 3.63) is 0 Å². The molecule has 1 amide bonds. The van der Waals surface area contributed by atoms with Gasteiger partial charge in [-0.1, -0.05) is 20.3 Å². The van der Waals surface area contributed by atoms with Crippen molar-refractivity contribution in [1.82, 2.24) is 10.9 Å². The first kappa shape index (κ1) is 9.43. The van der Waals surface area contributed by atoms with E-state index >= 15 is 0 Å². The molecule has 0 radical (unpaired) electrons. The van der Waals surface area contributed by atoms with Gasteiger partial charge in [0, 0.05) is 13.0 Å². The number of carbonyl (C=O) groups is 1. The third kappa shape index (κ3) is 5.56. The normalized spacial score (nSPS) is 9.40. The summed E-state index contributed by atoms with van der Waals surface area (Å²) in [5, 5.41) is 0. The van der Waals surface area contributed by atoms with Crippen LogP contribution in [-0.2, 0) is 4.79 Å². The zero-order chi connectivity index (χ0) is 7.82. The summed E-state index contributed by atoms with van der Waals surface area (Å²) >= 11 is 0. The van der Waals surface area contributed by atoms with Crippen molar-refractivity contribution >= 4 is 5.91 Å². The predicted octanol–water partition coefficient (Wildman–Crippen LogP) is 0.817. The molecule has 0 aromatic heterocycles. The Labute approximate surface area is 62.2 Å². The molecule has 0 rings (SSSR count). The Morgan fingerprint density at radius 3 is 2.60 bits per heavy atom. The molecule has 0 heterocycles. The van der Waals surface area contributed by atoms with Crippen LogP contribution in [0.25, 0.3) is 0 Å². The molecule has 0 bridgehead atoms. The first-order chi connectivity index (χ1) is 4.81. The maximum atomic E-state index is 10.8. The molecule has 0 spiro atoms. The average Bonchev–Trinajstić information content (AvgIpc) is 1.97. The van der Waals surface area contributed by atoms with E-state index in [0.717, 1.165) is 19.4 Å². The number of hydrogen-bond acceptors (Lipinski definition) is 2. The van der Waals surface area contributed by atoms with Crippen molar-refractivity contribution < 1.29 is 4.79 Å². The summed E-state index contributed by atoms with van der Waals surface area (Å²) in [7, 11) is 0. The molecule has 0 aromatic rings. The van der Waals surface area contributed by atoms with Gasteiger partial charge in [-0.05, 0) is 6.42 Å². The molecule has 0 fully saturated rings. The van der Waals surface area contributed by atoms with Gasteiger partial charge in [-0.3, -0.25) is 10.2 Å². The van der Waals surface area contributed by atoms with E-state index in [1.54, 1.807) is 0 Å². The summed E-state index contributed by atoms with van der Waals surface area (Å²) < 4.78 is 0. The summed E-state index contributed by atoms with van der Waals surface area (Å²) in [6.45, 7) is 4.79. The van der Waals surface area contributed by atoms with Crippen LogP contribution in [0.1, 0.15) is 33.1 Å². The largest absolute Gasteiger partial charge is 0.292 e. The summed E-state index contributed by atoms with van der Waals surface area (Å²) in [6.07, 6.45) is 2.67. The monoisotopic (exact) mass is 144 g/mol. The van der Waals surface area contributed by atoms with E-state index in [1.165, 1.54) is 0 Å². The van der Waals surface area contributed by atoms with Gasteiger partial charge in [0.05, 0.1) is 0 Å². The third-order valence-corrected chi connectivity index (χ3v) is 1.16. The average molecular weight is 144 g/mol. The molecule has 3 heteroatoms. The number of nitrogens with one attached hydrogen (secondary N) is 2. The highest BCUT2D eigenvalue weighted by Gasteiger charge is 1.95. The Bertz CT molecular complexity index is 83.6. The Morgan fingerprint density at radius 2 is 2.10 bits per heavy atom. The fourth-order valence-electron chi connectivity index (χ4n) is 0.587. The minimum absolute atomic E-state index is 0.0868. The second-order valence-electron chi connectivity index (χ2n) is 2.18. The number of hydrogen-bond donors (Lipinski definition) is 2. The SMILES string of the molecule is CCCCC(=O)NNCC. The molecule has 0 aromatic carbocycles. The lowest BCUT2D eigenvalue weighted by molar-refractivity contribution is -0.122. The van der Waals surface area contributed by atoms with Crippen LogP contribution in [0.4, 0.5) is 0 Å². The highest BCUT2D eigenvalue weighted by molar-refractivity contribution is 5.75. The molecule has 0 saturated carbocycles. The van der Waals surface area contributed by atoms with Gasteiger partial charge < -0.3 is 0 Å². The molecule has 2 N–H and O–H groups in total. The first-order valence-corrected chi connectivity index (χ1v) is 3.83. The lowest BCUT2D eigenvalue weighted by Crippen LogP contribution is -2.36. The zero-order valence-electron chi connectivity index (χ0n) is 6.74. The van der Waals surface area contributed by atoms with Gasteiger partial charge in [0.2, 0.25) is 5.91 Å². The van der Waals surface area contributed by atoms with Crippen LogP contribution in [-0.4, -0.2) is 12.5 Å². The molecule has 0 aliphatic rings. The number of rotatable bonds is 5. The van der Waals surface area contributed by atoms with Crippen LogP contribution in [0.3, 0.4) is 0 Å². The van der Waals surface area contributed by atoms with E-state index in [-0.39, 0.29) is 5.91 Å². The first-order valence-electron chi connectivity index (χ1n) is 3.83. The van der Waals surface area contributed by atoms with Crippen molar-refractivity contribution in [2.75, 3.05) is 6.54 Å². The van der Waals surface area contributed by atoms with E-state index in [2.05, 4.69) is 17.8 Å². The summed E-state index contributed by atoms with van der Waals surface area (Å²) in [5.74, 6) is 0.0868. The van der Waals surface area contributed by atoms with E-state index in [4.69, 9.17) is 0 Å². The van der Waals surface area contributed by atoms with Gasteiger partial charge in [0.25, 0.3) is 0 Å². The van der Waals surface area contributed by atoms with Crippen molar-refractivity contribution in [2.45, 2.75) is 33.1 Å². The minimum atomic E-state index is 0.0868. The molecule has 0 atom stereocenters. The molecule has 0 aliphatic carbocycles. The van der Waals surface area contributed by atoms with Crippen molar-refractivity contribution in [1.29, 1.82) is 0 Å². The van der Waals surface area contributed by atoms with Crippen LogP contribution in [0.2, 0.25) is 0 Å². The standard InChI is InChI=1S/C7H16N2O/c1-3-5-6-7(10)9-8-4-2/h8H,3-6H2,1-2H3,(H,9,10). The van der Waals surface area contributed by atoms with Crippen LogP contribution in [0.15, 0.2) is 0 Å². The molecular weight excluding hydrogens is 128 g/mol. The van der Waals surface area contributed by atoms with E-state index in [9.17, 15) is 4.79 Å². The Hall–Kier alpha value is -0.570. The quantitative estimate of drug-likeness (QED) is 0.561. The predicted molar refractivity (Wildman–Crippen MR) is 41.3 cm³/mol. The Kier molecular flexibility index (Phi) is 6.18. The highest BCUT2D eigenvalue weighted by Crippen LogP contribution is 1.91. The smallest absolute Gasteiger partial charge is 0.234 e. The van der Waals surface area contributed by atoms with Gasteiger partial charge in [-0.2, -0.15) is 0 Å². The molecular formula is C7H16N2O. The lowest BCUT2D eigenvalue weighted by atomic mass is 10.2. The number of unbranched alkanes of at least 4 members (excludes halogenated alkanes) is 1. The Balaban J connectivity index is 3.09. The van der Waals surface area contributed by atoms with Crippen molar-refractivity contribution in [3.8, 4) is 0 Å².